The third kappa shape index (κ3) is 8.38. The van der Waals surface area contributed by atoms with Crippen LogP contribution in [0.1, 0.15) is 12.8 Å². The molecule has 0 saturated heterocycles. The normalized spacial score (nSPS) is 11.8. The molecule has 0 radical (unpaired) electrons. The van der Waals surface area contributed by atoms with Gasteiger partial charge in [0.05, 0.1) is 6.61 Å². The SMILES string of the molecule is O=C(O)OCCCC(F)OC(=O)O. The molecule has 0 rings (SSSR count). The Morgan fingerprint density at radius 1 is 1.31 bits per heavy atom. The maximum Gasteiger partial charge on any atom is 0.508 e. The van der Waals surface area contributed by atoms with Gasteiger partial charge in [0.2, 0.25) is 6.36 Å². The molecule has 13 heavy (non-hydrogen) atoms. The molecular weight excluding hydrogens is 187 g/mol. The molecule has 0 aromatic heterocycles. The lowest BCUT2D eigenvalue weighted by molar-refractivity contribution is -0.0232. The van der Waals surface area contributed by atoms with Gasteiger partial charge in [0, 0.05) is 6.42 Å². The molecule has 1 atom stereocenters. The van der Waals surface area contributed by atoms with Gasteiger partial charge in [-0.25, -0.2) is 14.0 Å². The van der Waals surface area contributed by atoms with Crippen LogP contribution in [0.3, 0.4) is 0 Å². The standard InChI is InChI=1S/C6H9FO6/c7-4(13-6(10)11)2-1-3-12-5(8)9/h4H,1-3H2,(H,8,9)(H,10,11). The molecule has 0 aliphatic heterocycles. The monoisotopic (exact) mass is 196 g/mol. The minimum atomic E-state index is -1.94. The highest BCUT2D eigenvalue weighted by Crippen LogP contribution is 2.04. The second kappa shape index (κ2) is 6.04. The third-order valence-corrected chi connectivity index (χ3v) is 1.03. The van der Waals surface area contributed by atoms with Gasteiger partial charge in [-0.2, -0.15) is 0 Å². The van der Waals surface area contributed by atoms with Gasteiger partial charge in [0.25, 0.3) is 0 Å². The number of hydrogen-bond donors (Lipinski definition) is 2. The zero-order valence-corrected chi connectivity index (χ0v) is 6.60. The summed E-state index contributed by atoms with van der Waals surface area (Å²) in [4.78, 5) is 19.5. The lowest BCUT2D eigenvalue weighted by Crippen LogP contribution is -2.12. The lowest BCUT2D eigenvalue weighted by Gasteiger charge is -2.05. The third-order valence-electron chi connectivity index (χ3n) is 1.03. The minimum Gasteiger partial charge on any atom is -0.450 e. The molecule has 0 aromatic rings. The average molecular weight is 196 g/mol. The van der Waals surface area contributed by atoms with E-state index in [1.54, 1.807) is 0 Å². The Labute approximate surface area is 72.9 Å². The number of carboxylic acid groups (broad SMARTS) is 2. The van der Waals surface area contributed by atoms with E-state index in [2.05, 4.69) is 9.47 Å². The first-order valence-corrected chi connectivity index (χ1v) is 3.41. The summed E-state index contributed by atoms with van der Waals surface area (Å²) in [6.07, 6.45) is -5.24. The number of ether oxygens (including phenoxy) is 2. The van der Waals surface area contributed by atoms with Crippen LogP contribution in [-0.2, 0) is 9.47 Å². The van der Waals surface area contributed by atoms with Crippen LogP contribution in [-0.4, -0.2) is 35.5 Å². The van der Waals surface area contributed by atoms with Crippen molar-refractivity contribution in [1.82, 2.24) is 0 Å². The fourth-order valence-electron chi connectivity index (χ4n) is 0.572. The van der Waals surface area contributed by atoms with E-state index in [9.17, 15) is 14.0 Å². The molecule has 0 spiro atoms. The molecule has 0 saturated carbocycles. The molecule has 1 unspecified atom stereocenters. The van der Waals surface area contributed by atoms with Gasteiger partial charge in [-0.15, -0.1) is 0 Å². The average Bonchev–Trinajstić information content (AvgIpc) is 1.96. The zero-order chi connectivity index (χ0) is 10.3. The molecular formula is C6H9FO6. The van der Waals surface area contributed by atoms with Gasteiger partial charge < -0.3 is 19.7 Å². The van der Waals surface area contributed by atoms with Crippen LogP contribution in [0, 0.1) is 0 Å². The van der Waals surface area contributed by atoms with Gasteiger partial charge in [0.15, 0.2) is 0 Å². The second-order valence-electron chi connectivity index (χ2n) is 2.05. The molecule has 0 amide bonds. The van der Waals surface area contributed by atoms with Crippen LogP contribution < -0.4 is 0 Å². The van der Waals surface area contributed by atoms with E-state index in [-0.39, 0.29) is 19.4 Å². The van der Waals surface area contributed by atoms with Gasteiger partial charge in [-0.3, -0.25) is 0 Å². The molecule has 0 aromatic carbocycles. The van der Waals surface area contributed by atoms with Gasteiger partial charge in [0.1, 0.15) is 0 Å². The predicted molar refractivity (Wildman–Crippen MR) is 37.2 cm³/mol. The molecule has 0 aliphatic carbocycles. The molecule has 7 heteroatoms. The summed E-state index contributed by atoms with van der Waals surface area (Å²) in [5.41, 5.74) is 0. The Morgan fingerprint density at radius 3 is 2.38 bits per heavy atom. The Kier molecular flexibility index (Phi) is 5.33. The van der Waals surface area contributed by atoms with E-state index in [0.29, 0.717) is 0 Å². The van der Waals surface area contributed by atoms with Crippen LogP contribution in [0.25, 0.3) is 0 Å². The highest BCUT2D eigenvalue weighted by atomic mass is 19.1. The summed E-state index contributed by atoms with van der Waals surface area (Å²) in [6, 6.07) is 0. The fraction of sp³-hybridized carbons (Fsp3) is 0.667. The maximum absolute atomic E-state index is 12.4. The lowest BCUT2D eigenvalue weighted by atomic mass is 10.3. The van der Waals surface area contributed by atoms with Crippen LogP contribution in [0.15, 0.2) is 0 Å². The molecule has 0 bridgehead atoms. The van der Waals surface area contributed by atoms with Crippen molar-refractivity contribution < 1.29 is 33.7 Å². The number of rotatable bonds is 5. The molecule has 6 nitrogen and oxygen atoms in total. The summed E-state index contributed by atoms with van der Waals surface area (Å²) in [7, 11) is 0. The Balaban J connectivity index is 3.31. The Bertz CT molecular complexity index is 182. The minimum absolute atomic E-state index is 0.0702. The van der Waals surface area contributed by atoms with Crippen molar-refractivity contribution in [2.24, 2.45) is 0 Å². The van der Waals surface area contributed by atoms with E-state index in [0.717, 1.165) is 0 Å². The second-order valence-corrected chi connectivity index (χ2v) is 2.05. The van der Waals surface area contributed by atoms with Crippen molar-refractivity contribution in [3.05, 3.63) is 0 Å². The highest BCUT2D eigenvalue weighted by Gasteiger charge is 2.10. The van der Waals surface area contributed by atoms with E-state index in [4.69, 9.17) is 10.2 Å². The van der Waals surface area contributed by atoms with E-state index < -0.39 is 18.7 Å². The zero-order valence-electron chi connectivity index (χ0n) is 6.60. The molecule has 0 heterocycles. The smallest absolute Gasteiger partial charge is 0.450 e. The first-order valence-electron chi connectivity index (χ1n) is 3.41. The number of halogens is 1. The van der Waals surface area contributed by atoms with Gasteiger partial charge in [-0.1, -0.05) is 0 Å². The first-order chi connectivity index (χ1) is 6.02. The van der Waals surface area contributed by atoms with E-state index >= 15 is 0 Å². The molecule has 0 fully saturated rings. The van der Waals surface area contributed by atoms with Crippen molar-refractivity contribution in [1.29, 1.82) is 0 Å². The van der Waals surface area contributed by atoms with Crippen LogP contribution in [0.5, 0.6) is 0 Å². The summed E-state index contributed by atoms with van der Waals surface area (Å²) < 4.78 is 20.1. The molecule has 0 aliphatic rings. The summed E-state index contributed by atoms with van der Waals surface area (Å²) >= 11 is 0. The Hall–Kier alpha value is -1.53. The highest BCUT2D eigenvalue weighted by molar-refractivity contribution is 5.57. The number of carbonyl (C=O) groups is 2. The van der Waals surface area contributed by atoms with Crippen molar-refractivity contribution in [2.45, 2.75) is 19.2 Å². The maximum atomic E-state index is 12.4. The Morgan fingerprint density at radius 2 is 1.92 bits per heavy atom. The fourth-order valence-corrected chi connectivity index (χ4v) is 0.572. The van der Waals surface area contributed by atoms with Gasteiger partial charge >= 0.3 is 12.3 Å². The molecule has 2 N–H and O–H groups in total. The summed E-state index contributed by atoms with van der Waals surface area (Å²) in [5.74, 6) is 0. The van der Waals surface area contributed by atoms with Crippen molar-refractivity contribution in [3.63, 3.8) is 0 Å². The van der Waals surface area contributed by atoms with Crippen LogP contribution in [0.2, 0.25) is 0 Å². The predicted octanol–water partition coefficient (Wildman–Crippen LogP) is 1.45. The van der Waals surface area contributed by atoms with Crippen LogP contribution in [0.4, 0.5) is 14.0 Å². The summed E-state index contributed by atoms with van der Waals surface area (Å²) in [6.45, 7) is -0.182. The van der Waals surface area contributed by atoms with Crippen LogP contribution >= 0.6 is 0 Å². The van der Waals surface area contributed by atoms with Gasteiger partial charge in [-0.05, 0) is 6.42 Å². The first kappa shape index (κ1) is 11.5. The van der Waals surface area contributed by atoms with Crippen molar-refractivity contribution >= 4 is 12.3 Å². The van der Waals surface area contributed by atoms with Crippen molar-refractivity contribution in [2.75, 3.05) is 6.61 Å². The number of alkyl halides is 1. The van der Waals surface area contributed by atoms with E-state index in [1.807, 2.05) is 0 Å². The molecule has 76 valence electrons. The largest absolute Gasteiger partial charge is 0.508 e. The van der Waals surface area contributed by atoms with E-state index in [1.165, 1.54) is 0 Å². The number of hydrogen-bond acceptors (Lipinski definition) is 4. The van der Waals surface area contributed by atoms with Crippen molar-refractivity contribution in [3.8, 4) is 0 Å². The quantitative estimate of drug-likeness (QED) is 0.510. The summed E-state index contributed by atoms with van der Waals surface area (Å²) in [5, 5.41) is 15.9. The topological polar surface area (TPSA) is 93.1 Å².